The molecule has 3 N–H and O–H groups in total. The van der Waals surface area contributed by atoms with E-state index < -0.39 is 12.0 Å². The first-order chi connectivity index (χ1) is 12.5. The highest BCUT2D eigenvalue weighted by Gasteiger charge is 2.21. The number of ketones is 1. The number of fused-ring (bicyclic) bond motifs is 1. The van der Waals surface area contributed by atoms with Crippen LogP contribution in [0.1, 0.15) is 22.5 Å². The molecule has 5 nitrogen and oxygen atoms in total. The van der Waals surface area contributed by atoms with Gasteiger partial charge in [-0.3, -0.25) is 9.59 Å². The zero-order valence-corrected chi connectivity index (χ0v) is 15.6. The Kier molecular flexibility index (Phi) is 5.85. The van der Waals surface area contributed by atoms with Gasteiger partial charge in [-0.25, -0.2) is 0 Å². The van der Waals surface area contributed by atoms with Gasteiger partial charge in [-0.2, -0.15) is 0 Å². The number of carbonyl (C=O) groups excluding carboxylic acids is 1. The molecule has 1 heterocycles. The van der Waals surface area contributed by atoms with Crippen molar-refractivity contribution in [3.8, 4) is 0 Å². The first-order valence-corrected chi connectivity index (χ1v) is 9.14. The predicted octanol–water partition coefficient (Wildman–Crippen LogP) is 3.79. The number of aromatic amines is 1. The number of rotatable bonds is 8. The van der Waals surface area contributed by atoms with E-state index in [0.29, 0.717) is 18.5 Å². The van der Waals surface area contributed by atoms with E-state index >= 15 is 0 Å². The number of halogens is 1. The van der Waals surface area contributed by atoms with Crippen LogP contribution < -0.4 is 5.32 Å². The summed E-state index contributed by atoms with van der Waals surface area (Å²) >= 11 is 3.32. The standard InChI is InChI=1S/C20H19BrN2O3/c21-15-7-5-13(6-8-15)19(24)12-18(20(25)26)22-10-9-16-11-14-3-1-2-4-17(14)23-16/h1-8,11,18,22-23H,9-10,12H2,(H,25,26)/t18-/m0/s1. The molecule has 1 atom stereocenters. The van der Waals surface area contributed by atoms with Crippen LogP contribution in [0.2, 0.25) is 0 Å². The van der Waals surface area contributed by atoms with Crippen LogP contribution in [0.15, 0.2) is 59.1 Å². The molecule has 0 amide bonds. The number of para-hydroxylation sites is 1. The number of benzene rings is 2. The third-order valence-electron chi connectivity index (χ3n) is 4.22. The van der Waals surface area contributed by atoms with E-state index in [9.17, 15) is 14.7 Å². The molecule has 0 saturated heterocycles. The number of carbonyl (C=O) groups is 2. The zero-order chi connectivity index (χ0) is 18.5. The van der Waals surface area contributed by atoms with Gasteiger partial charge in [0.1, 0.15) is 6.04 Å². The molecule has 0 spiro atoms. The van der Waals surface area contributed by atoms with Crippen LogP contribution in [-0.2, 0) is 11.2 Å². The third kappa shape index (κ3) is 4.59. The number of aliphatic carboxylic acids is 1. The van der Waals surface area contributed by atoms with Crippen molar-refractivity contribution in [1.29, 1.82) is 0 Å². The van der Waals surface area contributed by atoms with E-state index in [1.165, 1.54) is 0 Å². The highest BCUT2D eigenvalue weighted by molar-refractivity contribution is 9.10. The Morgan fingerprint density at radius 1 is 1.12 bits per heavy atom. The van der Waals surface area contributed by atoms with Crippen molar-refractivity contribution in [2.75, 3.05) is 6.54 Å². The molecule has 0 aliphatic rings. The summed E-state index contributed by atoms with van der Waals surface area (Å²) in [5.74, 6) is -1.21. The molecule has 0 unspecified atom stereocenters. The van der Waals surface area contributed by atoms with Gasteiger partial charge in [-0.1, -0.05) is 46.3 Å². The van der Waals surface area contributed by atoms with Crippen LogP contribution in [0.3, 0.4) is 0 Å². The maximum absolute atomic E-state index is 12.3. The molecule has 3 aromatic rings. The van der Waals surface area contributed by atoms with E-state index in [2.05, 4.69) is 32.3 Å². The predicted molar refractivity (Wildman–Crippen MR) is 105 cm³/mol. The molecule has 0 aliphatic heterocycles. The lowest BCUT2D eigenvalue weighted by Crippen LogP contribution is -2.39. The lowest BCUT2D eigenvalue weighted by molar-refractivity contribution is -0.139. The van der Waals surface area contributed by atoms with Gasteiger partial charge in [0.05, 0.1) is 0 Å². The van der Waals surface area contributed by atoms with E-state index in [0.717, 1.165) is 21.1 Å². The van der Waals surface area contributed by atoms with Gasteiger partial charge in [0, 0.05) is 34.2 Å². The first-order valence-electron chi connectivity index (χ1n) is 8.34. The molecule has 2 aromatic carbocycles. The number of hydrogen-bond acceptors (Lipinski definition) is 3. The molecular weight excluding hydrogens is 396 g/mol. The van der Waals surface area contributed by atoms with Crippen molar-refractivity contribution in [2.45, 2.75) is 18.9 Å². The number of aromatic nitrogens is 1. The highest BCUT2D eigenvalue weighted by Crippen LogP contribution is 2.15. The summed E-state index contributed by atoms with van der Waals surface area (Å²) in [5, 5.41) is 13.5. The third-order valence-corrected chi connectivity index (χ3v) is 4.75. The van der Waals surface area contributed by atoms with Gasteiger partial charge in [0.2, 0.25) is 0 Å². The summed E-state index contributed by atoms with van der Waals surface area (Å²) < 4.78 is 0.875. The lowest BCUT2D eigenvalue weighted by Gasteiger charge is -2.13. The molecule has 0 bridgehead atoms. The van der Waals surface area contributed by atoms with Gasteiger partial charge in [0.15, 0.2) is 5.78 Å². The lowest BCUT2D eigenvalue weighted by atomic mass is 10.0. The van der Waals surface area contributed by atoms with Crippen molar-refractivity contribution in [3.05, 3.63) is 70.3 Å². The molecule has 0 fully saturated rings. The Hall–Kier alpha value is -2.44. The number of Topliss-reactive ketones (excluding diaryl/α,β-unsaturated/α-hetero) is 1. The minimum absolute atomic E-state index is 0.0797. The number of nitrogens with one attached hydrogen (secondary N) is 2. The van der Waals surface area contributed by atoms with E-state index in [-0.39, 0.29) is 12.2 Å². The maximum Gasteiger partial charge on any atom is 0.321 e. The quantitative estimate of drug-likeness (QED) is 0.489. The summed E-state index contributed by atoms with van der Waals surface area (Å²) in [4.78, 5) is 27.1. The summed E-state index contributed by atoms with van der Waals surface area (Å²) in [5.41, 5.74) is 2.60. The average molecular weight is 415 g/mol. The second-order valence-electron chi connectivity index (χ2n) is 6.11. The normalized spacial score (nSPS) is 12.2. The van der Waals surface area contributed by atoms with Crippen LogP contribution in [-0.4, -0.2) is 34.4 Å². The fraction of sp³-hybridized carbons (Fsp3) is 0.200. The molecule has 0 aliphatic carbocycles. The van der Waals surface area contributed by atoms with E-state index in [1.807, 2.05) is 24.3 Å². The Bertz CT molecular complexity index is 885. The van der Waals surface area contributed by atoms with Gasteiger partial charge in [0.25, 0.3) is 0 Å². The number of H-pyrrole nitrogens is 1. The zero-order valence-electron chi connectivity index (χ0n) is 14.0. The minimum Gasteiger partial charge on any atom is -0.480 e. The molecule has 3 rings (SSSR count). The molecule has 134 valence electrons. The Morgan fingerprint density at radius 3 is 2.54 bits per heavy atom. The van der Waals surface area contributed by atoms with Crippen LogP contribution in [0.25, 0.3) is 10.9 Å². The maximum atomic E-state index is 12.3. The monoisotopic (exact) mass is 414 g/mol. The summed E-state index contributed by atoms with van der Waals surface area (Å²) in [7, 11) is 0. The fourth-order valence-electron chi connectivity index (χ4n) is 2.84. The van der Waals surface area contributed by atoms with Crippen LogP contribution in [0, 0.1) is 0 Å². The fourth-order valence-corrected chi connectivity index (χ4v) is 3.10. The molecule has 0 radical (unpaired) electrons. The Balaban J connectivity index is 1.57. The van der Waals surface area contributed by atoms with Crippen molar-refractivity contribution in [1.82, 2.24) is 10.3 Å². The van der Waals surface area contributed by atoms with Gasteiger partial charge < -0.3 is 15.4 Å². The van der Waals surface area contributed by atoms with Crippen molar-refractivity contribution < 1.29 is 14.7 Å². The first kappa shape index (κ1) is 18.4. The number of carboxylic acids is 1. The smallest absolute Gasteiger partial charge is 0.321 e. The molecule has 0 saturated carbocycles. The Morgan fingerprint density at radius 2 is 1.85 bits per heavy atom. The summed E-state index contributed by atoms with van der Waals surface area (Å²) in [6.07, 6.45) is 0.578. The summed E-state index contributed by atoms with van der Waals surface area (Å²) in [6, 6.07) is 16.0. The second-order valence-corrected chi connectivity index (χ2v) is 7.03. The van der Waals surface area contributed by atoms with Crippen molar-refractivity contribution in [2.24, 2.45) is 0 Å². The second kappa shape index (κ2) is 8.29. The van der Waals surface area contributed by atoms with Crippen molar-refractivity contribution in [3.63, 3.8) is 0 Å². The van der Waals surface area contributed by atoms with Crippen LogP contribution >= 0.6 is 15.9 Å². The van der Waals surface area contributed by atoms with Gasteiger partial charge >= 0.3 is 5.97 Å². The van der Waals surface area contributed by atoms with Crippen LogP contribution in [0.5, 0.6) is 0 Å². The molecule has 1 aromatic heterocycles. The van der Waals surface area contributed by atoms with Crippen LogP contribution in [0.4, 0.5) is 0 Å². The van der Waals surface area contributed by atoms with Gasteiger partial charge in [-0.05, 0) is 36.1 Å². The number of hydrogen-bond donors (Lipinski definition) is 3. The minimum atomic E-state index is -1.02. The SMILES string of the molecule is O=C(C[C@H](NCCc1cc2ccccc2[nH]1)C(=O)O)c1ccc(Br)cc1. The Labute approximate surface area is 159 Å². The average Bonchev–Trinajstić information content (AvgIpc) is 3.04. The van der Waals surface area contributed by atoms with E-state index in [4.69, 9.17) is 0 Å². The van der Waals surface area contributed by atoms with Crippen molar-refractivity contribution >= 4 is 38.6 Å². The van der Waals surface area contributed by atoms with E-state index in [1.54, 1.807) is 24.3 Å². The largest absolute Gasteiger partial charge is 0.480 e. The molecule has 26 heavy (non-hydrogen) atoms. The highest BCUT2D eigenvalue weighted by atomic mass is 79.9. The van der Waals surface area contributed by atoms with Gasteiger partial charge in [-0.15, -0.1) is 0 Å². The molecule has 6 heteroatoms. The molecular formula is C20H19BrN2O3. The topological polar surface area (TPSA) is 82.2 Å². The summed E-state index contributed by atoms with van der Waals surface area (Å²) in [6.45, 7) is 0.470. The number of carboxylic acid groups (broad SMARTS) is 1.